The molecule has 0 spiro atoms. The van der Waals surface area contributed by atoms with E-state index in [1.54, 1.807) is 7.11 Å². The summed E-state index contributed by atoms with van der Waals surface area (Å²) in [5.74, 6) is 0. The fourth-order valence-electron chi connectivity index (χ4n) is 2.86. The Morgan fingerprint density at radius 2 is 1.95 bits per heavy atom. The van der Waals surface area contributed by atoms with Crippen molar-refractivity contribution >= 4 is 6.03 Å². The van der Waals surface area contributed by atoms with E-state index < -0.39 is 5.54 Å². The highest BCUT2D eigenvalue weighted by atomic mass is 16.5. The summed E-state index contributed by atoms with van der Waals surface area (Å²) in [5.41, 5.74) is 1.67. The van der Waals surface area contributed by atoms with Gasteiger partial charge in [-0.25, -0.2) is 4.79 Å². The van der Waals surface area contributed by atoms with Crippen LogP contribution in [0.4, 0.5) is 4.79 Å². The lowest BCUT2D eigenvalue weighted by Crippen LogP contribution is -2.52. The van der Waals surface area contributed by atoms with Crippen molar-refractivity contribution in [2.45, 2.75) is 44.4 Å². The van der Waals surface area contributed by atoms with Crippen molar-refractivity contribution < 1.29 is 14.6 Å². The molecule has 3 N–H and O–H groups in total. The SMILES string of the molecule is COCc1ccccc1CNC(=O)NC1(CO)CCCC1. The summed E-state index contributed by atoms with van der Waals surface area (Å²) < 4.78 is 5.16. The van der Waals surface area contributed by atoms with Gasteiger partial charge >= 0.3 is 6.03 Å². The molecule has 0 unspecified atom stereocenters. The molecule has 1 aromatic carbocycles. The molecular formula is C16H24N2O3. The van der Waals surface area contributed by atoms with Crippen molar-refractivity contribution in [1.29, 1.82) is 0 Å². The largest absolute Gasteiger partial charge is 0.394 e. The first kappa shape index (κ1) is 15.8. The number of carbonyl (C=O) groups excluding carboxylic acids is 1. The number of hydrogen-bond donors (Lipinski definition) is 3. The Kier molecular flexibility index (Phi) is 5.59. The molecule has 1 aromatic rings. The minimum absolute atomic E-state index is 0.000676. The molecule has 2 rings (SSSR count). The van der Waals surface area contributed by atoms with Crippen LogP contribution in [-0.4, -0.2) is 30.4 Å². The predicted octanol–water partition coefficient (Wildman–Crippen LogP) is 1.94. The maximum Gasteiger partial charge on any atom is 0.315 e. The van der Waals surface area contributed by atoms with E-state index in [9.17, 15) is 9.90 Å². The highest BCUT2D eigenvalue weighted by Gasteiger charge is 2.34. The lowest BCUT2D eigenvalue weighted by molar-refractivity contribution is 0.162. The first-order valence-corrected chi connectivity index (χ1v) is 7.42. The monoisotopic (exact) mass is 292 g/mol. The number of methoxy groups -OCH3 is 1. The van der Waals surface area contributed by atoms with Crippen molar-refractivity contribution in [3.8, 4) is 0 Å². The topological polar surface area (TPSA) is 70.6 Å². The Hall–Kier alpha value is -1.59. The van der Waals surface area contributed by atoms with Gasteiger partial charge < -0.3 is 20.5 Å². The van der Waals surface area contributed by atoms with E-state index in [-0.39, 0.29) is 12.6 Å². The van der Waals surface area contributed by atoms with Crippen molar-refractivity contribution in [2.75, 3.05) is 13.7 Å². The normalized spacial score (nSPS) is 16.7. The molecule has 0 atom stereocenters. The minimum Gasteiger partial charge on any atom is -0.394 e. The van der Waals surface area contributed by atoms with Gasteiger partial charge in [-0.1, -0.05) is 37.1 Å². The van der Waals surface area contributed by atoms with Gasteiger partial charge in [0.05, 0.1) is 18.8 Å². The third kappa shape index (κ3) is 4.19. The number of aliphatic hydroxyl groups excluding tert-OH is 1. The van der Waals surface area contributed by atoms with E-state index in [1.807, 2.05) is 24.3 Å². The van der Waals surface area contributed by atoms with Crippen LogP contribution in [0.3, 0.4) is 0 Å². The summed E-state index contributed by atoms with van der Waals surface area (Å²) in [5, 5.41) is 15.3. The molecule has 2 amide bonds. The molecule has 21 heavy (non-hydrogen) atoms. The maximum absolute atomic E-state index is 12.0. The van der Waals surface area contributed by atoms with E-state index in [0.29, 0.717) is 13.2 Å². The summed E-state index contributed by atoms with van der Waals surface area (Å²) in [4.78, 5) is 12.0. The highest BCUT2D eigenvalue weighted by molar-refractivity contribution is 5.74. The van der Waals surface area contributed by atoms with Crippen LogP contribution in [0.2, 0.25) is 0 Å². The molecule has 1 aliphatic carbocycles. The first-order chi connectivity index (χ1) is 10.2. The lowest BCUT2D eigenvalue weighted by Gasteiger charge is -2.28. The average molecular weight is 292 g/mol. The average Bonchev–Trinajstić information content (AvgIpc) is 2.96. The lowest BCUT2D eigenvalue weighted by atomic mass is 9.99. The standard InChI is InChI=1S/C16H24N2O3/c1-21-11-14-7-3-2-6-13(14)10-17-15(20)18-16(12-19)8-4-5-9-16/h2-3,6-7,19H,4-5,8-12H2,1H3,(H2,17,18,20). The number of aliphatic hydroxyl groups is 1. The zero-order valence-corrected chi connectivity index (χ0v) is 12.5. The van der Waals surface area contributed by atoms with Gasteiger partial charge in [-0.2, -0.15) is 0 Å². The fourth-order valence-corrected chi connectivity index (χ4v) is 2.86. The van der Waals surface area contributed by atoms with E-state index >= 15 is 0 Å². The van der Waals surface area contributed by atoms with E-state index in [2.05, 4.69) is 10.6 Å². The molecule has 0 aliphatic heterocycles. The molecule has 1 fully saturated rings. The number of urea groups is 1. The zero-order chi connectivity index (χ0) is 15.1. The fraction of sp³-hybridized carbons (Fsp3) is 0.562. The van der Waals surface area contributed by atoms with Crippen LogP contribution in [0.5, 0.6) is 0 Å². The van der Waals surface area contributed by atoms with Gasteiger partial charge in [0, 0.05) is 13.7 Å². The smallest absolute Gasteiger partial charge is 0.315 e. The van der Waals surface area contributed by atoms with Gasteiger partial charge in [-0.05, 0) is 24.0 Å². The molecule has 0 aromatic heterocycles. The van der Waals surface area contributed by atoms with E-state index in [0.717, 1.165) is 36.8 Å². The Labute approximate surface area is 125 Å². The Bertz CT molecular complexity index is 470. The summed E-state index contributed by atoms with van der Waals surface area (Å²) in [6.07, 6.45) is 3.80. The number of hydrogen-bond acceptors (Lipinski definition) is 3. The highest BCUT2D eigenvalue weighted by Crippen LogP contribution is 2.28. The summed E-state index contributed by atoms with van der Waals surface area (Å²) in [6.45, 7) is 0.980. The quantitative estimate of drug-likeness (QED) is 0.750. The third-order valence-corrected chi connectivity index (χ3v) is 4.10. The summed E-state index contributed by atoms with van der Waals surface area (Å²) >= 11 is 0. The number of rotatable bonds is 6. The zero-order valence-electron chi connectivity index (χ0n) is 12.5. The van der Waals surface area contributed by atoms with Gasteiger partial charge in [0.25, 0.3) is 0 Å². The molecule has 0 saturated heterocycles. The van der Waals surface area contributed by atoms with Crippen LogP contribution in [0, 0.1) is 0 Å². The van der Waals surface area contributed by atoms with Gasteiger partial charge in [0.1, 0.15) is 0 Å². The van der Waals surface area contributed by atoms with Gasteiger partial charge in [-0.3, -0.25) is 0 Å². The van der Waals surface area contributed by atoms with Crippen LogP contribution in [0.15, 0.2) is 24.3 Å². The van der Waals surface area contributed by atoms with Crippen molar-refractivity contribution in [1.82, 2.24) is 10.6 Å². The van der Waals surface area contributed by atoms with Crippen LogP contribution < -0.4 is 10.6 Å². The van der Waals surface area contributed by atoms with Gasteiger partial charge in [0.2, 0.25) is 0 Å². The second kappa shape index (κ2) is 7.43. The molecule has 1 aliphatic rings. The molecule has 0 radical (unpaired) electrons. The third-order valence-electron chi connectivity index (χ3n) is 4.10. The molecule has 5 heteroatoms. The molecular weight excluding hydrogens is 268 g/mol. The summed E-state index contributed by atoms with van der Waals surface area (Å²) in [7, 11) is 1.65. The van der Waals surface area contributed by atoms with Crippen LogP contribution in [0.25, 0.3) is 0 Å². The number of benzene rings is 1. The number of carbonyl (C=O) groups is 1. The molecule has 0 bridgehead atoms. The second-order valence-corrected chi connectivity index (χ2v) is 5.65. The Morgan fingerprint density at radius 3 is 2.57 bits per heavy atom. The second-order valence-electron chi connectivity index (χ2n) is 5.65. The van der Waals surface area contributed by atoms with Crippen molar-refractivity contribution in [3.05, 3.63) is 35.4 Å². The Morgan fingerprint density at radius 1 is 1.29 bits per heavy atom. The molecule has 5 nitrogen and oxygen atoms in total. The van der Waals surface area contributed by atoms with Crippen molar-refractivity contribution in [2.24, 2.45) is 0 Å². The first-order valence-electron chi connectivity index (χ1n) is 7.42. The molecule has 1 saturated carbocycles. The number of ether oxygens (including phenoxy) is 1. The maximum atomic E-state index is 12.0. The number of amides is 2. The van der Waals surface area contributed by atoms with Crippen molar-refractivity contribution in [3.63, 3.8) is 0 Å². The van der Waals surface area contributed by atoms with Gasteiger partial charge in [0.15, 0.2) is 0 Å². The van der Waals surface area contributed by atoms with Crippen LogP contribution >= 0.6 is 0 Å². The van der Waals surface area contributed by atoms with Gasteiger partial charge in [-0.15, -0.1) is 0 Å². The Balaban J connectivity index is 1.89. The summed E-state index contributed by atoms with van der Waals surface area (Å²) in [6, 6.07) is 7.65. The minimum atomic E-state index is -0.434. The van der Waals surface area contributed by atoms with Crippen LogP contribution in [-0.2, 0) is 17.9 Å². The molecule has 116 valence electrons. The van der Waals surface area contributed by atoms with E-state index in [4.69, 9.17) is 4.74 Å². The predicted molar refractivity (Wildman–Crippen MR) is 80.8 cm³/mol. The number of nitrogens with one attached hydrogen (secondary N) is 2. The van der Waals surface area contributed by atoms with Crippen LogP contribution in [0.1, 0.15) is 36.8 Å². The molecule has 0 heterocycles. The van der Waals surface area contributed by atoms with E-state index in [1.165, 1.54) is 0 Å².